The first-order chi connectivity index (χ1) is 19.3. The summed E-state index contributed by atoms with van der Waals surface area (Å²) >= 11 is 0. The molecule has 0 spiro atoms. The van der Waals surface area contributed by atoms with Gasteiger partial charge in [0.1, 0.15) is 5.82 Å². The molecule has 0 radical (unpaired) electrons. The first-order valence-corrected chi connectivity index (χ1v) is 13.5. The average molecular weight is 544 g/mol. The molecule has 4 aromatic heterocycles. The molecule has 0 unspecified atom stereocenters. The topological polar surface area (TPSA) is 115 Å². The van der Waals surface area contributed by atoms with Gasteiger partial charge in [0, 0.05) is 31.9 Å². The summed E-state index contributed by atoms with van der Waals surface area (Å²) in [5.41, 5.74) is 2.79. The number of halogens is 1. The second-order valence-electron chi connectivity index (χ2n) is 10.6. The SMILES string of the molecule is C=CC(=O)N1CCN(c2nc(=O)n3c4nc(c(F)cc24)-n2nncc2CCCc2ccnc(C(C)C)c2-3)[C@@H](C)C1. The molecule has 1 atom stereocenters. The van der Waals surface area contributed by atoms with Gasteiger partial charge in [-0.15, -0.1) is 5.10 Å². The number of aryl methyl sites for hydroxylation is 2. The minimum absolute atomic E-state index is 0.0109. The average Bonchev–Trinajstić information content (AvgIpc) is 3.39. The quantitative estimate of drug-likeness (QED) is 0.363. The van der Waals surface area contributed by atoms with Crippen molar-refractivity contribution in [3.05, 3.63) is 70.4 Å². The summed E-state index contributed by atoms with van der Waals surface area (Å²) in [4.78, 5) is 43.8. The summed E-state index contributed by atoms with van der Waals surface area (Å²) in [5.74, 6) is -0.445. The summed E-state index contributed by atoms with van der Waals surface area (Å²) in [6.07, 6.45) is 6.67. The number of carbonyl (C=O) groups excluding carboxylic acids is 1. The van der Waals surface area contributed by atoms with Crippen LogP contribution in [-0.4, -0.2) is 71.0 Å². The van der Waals surface area contributed by atoms with Crippen LogP contribution >= 0.6 is 0 Å². The minimum Gasteiger partial charge on any atom is -0.350 e. The summed E-state index contributed by atoms with van der Waals surface area (Å²) in [6.45, 7) is 10.8. The number of hydrogen-bond donors (Lipinski definition) is 0. The Hall–Kier alpha value is -4.48. The monoisotopic (exact) mass is 543 g/mol. The van der Waals surface area contributed by atoms with E-state index in [4.69, 9.17) is 4.98 Å². The van der Waals surface area contributed by atoms with Crippen LogP contribution in [0.3, 0.4) is 0 Å². The van der Waals surface area contributed by atoms with Gasteiger partial charge in [0.25, 0.3) is 0 Å². The fourth-order valence-electron chi connectivity index (χ4n) is 5.73. The number of rotatable bonds is 3. The lowest BCUT2D eigenvalue weighted by atomic mass is 10.00. The molecule has 12 heteroatoms. The zero-order valence-corrected chi connectivity index (χ0v) is 22.7. The Balaban J connectivity index is 1.65. The van der Waals surface area contributed by atoms with E-state index in [-0.39, 0.29) is 29.3 Å². The third-order valence-corrected chi connectivity index (χ3v) is 7.67. The van der Waals surface area contributed by atoms with Crippen LogP contribution < -0.4 is 10.6 Å². The molecule has 2 aliphatic heterocycles. The standard InChI is InChI=1S/C28H30FN9O2/c1-5-22(39)35-11-12-36(17(4)15-35)25-20-13-21(29)27-32-26(20)37(28(40)33-25)24-18(9-10-30-23(24)16(2)3)7-6-8-19-14-31-34-38(19)27/h5,9-10,13-14,16-17H,1,6-8,11-12,15H2,2-4H3/t17-/m0/s1. The van der Waals surface area contributed by atoms with Crippen molar-refractivity contribution in [3.8, 4) is 11.5 Å². The van der Waals surface area contributed by atoms with Crippen LogP contribution in [0.5, 0.6) is 0 Å². The molecule has 1 amide bonds. The lowest BCUT2D eigenvalue weighted by Crippen LogP contribution is -2.54. The van der Waals surface area contributed by atoms with Crippen molar-refractivity contribution >= 4 is 22.8 Å². The fraction of sp³-hybridized carbons (Fsp3) is 0.393. The highest BCUT2D eigenvalue weighted by Gasteiger charge is 2.31. The van der Waals surface area contributed by atoms with E-state index in [0.717, 1.165) is 23.4 Å². The molecular formula is C28H30FN9O2. The predicted octanol–water partition coefficient (Wildman–Crippen LogP) is 2.73. The van der Waals surface area contributed by atoms with E-state index in [2.05, 4.69) is 26.9 Å². The smallest absolute Gasteiger partial charge is 0.350 e. The van der Waals surface area contributed by atoms with Crippen molar-refractivity contribution in [2.45, 2.75) is 52.0 Å². The van der Waals surface area contributed by atoms with E-state index in [1.54, 1.807) is 17.3 Å². The van der Waals surface area contributed by atoms with E-state index in [0.29, 0.717) is 49.4 Å². The van der Waals surface area contributed by atoms with Crippen molar-refractivity contribution in [1.82, 2.24) is 39.4 Å². The Bertz CT molecular complexity index is 1710. The van der Waals surface area contributed by atoms with Crippen LogP contribution in [0.15, 0.2) is 42.0 Å². The highest BCUT2D eigenvalue weighted by Crippen LogP contribution is 2.33. The molecule has 206 valence electrons. The molecule has 11 nitrogen and oxygen atoms in total. The highest BCUT2D eigenvalue weighted by atomic mass is 19.1. The lowest BCUT2D eigenvalue weighted by molar-refractivity contribution is -0.126. The van der Waals surface area contributed by atoms with Crippen LogP contribution in [0.2, 0.25) is 0 Å². The van der Waals surface area contributed by atoms with Gasteiger partial charge in [0.15, 0.2) is 17.3 Å². The molecule has 0 N–H and O–H groups in total. The fourth-order valence-corrected chi connectivity index (χ4v) is 5.73. The largest absolute Gasteiger partial charge is 0.355 e. The van der Waals surface area contributed by atoms with Crippen LogP contribution in [0, 0.1) is 5.82 Å². The van der Waals surface area contributed by atoms with E-state index in [9.17, 15) is 9.59 Å². The summed E-state index contributed by atoms with van der Waals surface area (Å²) in [7, 11) is 0. The number of amides is 1. The number of aromatic nitrogens is 7. The Morgan fingerprint density at radius 3 is 2.77 bits per heavy atom. The molecule has 4 aromatic rings. The normalized spacial score (nSPS) is 17.1. The first kappa shape index (κ1) is 25.8. The molecular weight excluding hydrogens is 513 g/mol. The maximum atomic E-state index is 15.9. The van der Waals surface area contributed by atoms with Crippen molar-refractivity contribution in [2.24, 2.45) is 0 Å². The number of hydrogen-bond acceptors (Lipinski definition) is 8. The minimum atomic E-state index is -0.602. The second kappa shape index (κ2) is 9.92. The zero-order chi connectivity index (χ0) is 28.1. The summed E-state index contributed by atoms with van der Waals surface area (Å²) in [6, 6.07) is 3.11. The number of anilines is 1. The molecule has 6 rings (SSSR count). The maximum absolute atomic E-state index is 15.9. The molecule has 1 fully saturated rings. The van der Waals surface area contributed by atoms with Crippen LogP contribution in [0.25, 0.3) is 22.5 Å². The zero-order valence-electron chi connectivity index (χ0n) is 22.7. The highest BCUT2D eigenvalue weighted by molar-refractivity contribution is 5.90. The molecule has 6 heterocycles. The third kappa shape index (κ3) is 4.14. The van der Waals surface area contributed by atoms with Crippen molar-refractivity contribution in [2.75, 3.05) is 24.5 Å². The Labute approximate surface area is 230 Å². The molecule has 0 aromatic carbocycles. The van der Waals surface area contributed by atoms with Gasteiger partial charge in [-0.25, -0.2) is 18.7 Å². The van der Waals surface area contributed by atoms with Gasteiger partial charge in [-0.05, 0) is 55.9 Å². The summed E-state index contributed by atoms with van der Waals surface area (Å²) < 4.78 is 18.7. The number of pyridine rings is 2. The predicted molar refractivity (Wildman–Crippen MR) is 148 cm³/mol. The van der Waals surface area contributed by atoms with Crippen LogP contribution in [-0.2, 0) is 17.6 Å². The first-order valence-electron chi connectivity index (χ1n) is 13.5. The molecule has 40 heavy (non-hydrogen) atoms. The number of fused-ring (bicyclic) bond motifs is 5. The number of carbonyl (C=O) groups is 1. The number of piperazine rings is 1. The molecule has 0 saturated carbocycles. The number of nitrogens with zero attached hydrogens (tertiary/aromatic N) is 9. The maximum Gasteiger partial charge on any atom is 0.355 e. The Morgan fingerprint density at radius 1 is 1.20 bits per heavy atom. The third-order valence-electron chi connectivity index (χ3n) is 7.67. The van der Waals surface area contributed by atoms with Crippen molar-refractivity contribution in [3.63, 3.8) is 0 Å². The van der Waals surface area contributed by atoms with Gasteiger partial charge in [-0.3, -0.25) is 9.78 Å². The van der Waals surface area contributed by atoms with Crippen molar-refractivity contribution in [1.29, 1.82) is 0 Å². The molecule has 2 aliphatic rings. The van der Waals surface area contributed by atoms with Crippen molar-refractivity contribution < 1.29 is 9.18 Å². The van der Waals surface area contributed by atoms with Gasteiger partial charge in [-0.2, -0.15) is 9.67 Å². The van der Waals surface area contributed by atoms with Crippen LogP contribution in [0.1, 0.15) is 50.1 Å². The molecule has 0 aliphatic carbocycles. The molecule has 1 saturated heterocycles. The van der Waals surface area contributed by atoms with E-state index >= 15 is 4.39 Å². The van der Waals surface area contributed by atoms with Gasteiger partial charge >= 0.3 is 5.69 Å². The Morgan fingerprint density at radius 2 is 2.02 bits per heavy atom. The second-order valence-corrected chi connectivity index (χ2v) is 10.6. The Kier molecular flexibility index (Phi) is 6.40. The van der Waals surface area contributed by atoms with E-state index in [1.165, 1.54) is 21.4 Å². The van der Waals surface area contributed by atoms with E-state index < -0.39 is 11.5 Å². The van der Waals surface area contributed by atoms with E-state index in [1.807, 2.05) is 31.7 Å². The lowest BCUT2D eigenvalue weighted by Gasteiger charge is -2.40. The van der Waals surface area contributed by atoms with Gasteiger partial charge < -0.3 is 9.80 Å². The van der Waals surface area contributed by atoms with Gasteiger partial charge in [0.2, 0.25) is 5.91 Å². The summed E-state index contributed by atoms with van der Waals surface area (Å²) in [5, 5.41) is 8.52. The molecule has 2 bridgehead atoms. The van der Waals surface area contributed by atoms with Gasteiger partial charge in [0.05, 0.1) is 28.7 Å². The van der Waals surface area contributed by atoms with Gasteiger partial charge in [-0.1, -0.05) is 25.6 Å². The van der Waals surface area contributed by atoms with Crippen LogP contribution in [0.4, 0.5) is 10.2 Å².